The molecular weight excluding hydrogens is 384 g/mol. The number of quaternary nitrogens is 1. The molecule has 30 heavy (non-hydrogen) atoms. The third kappa shape index (κ3) is 3.20. The number of fused-ring (bicyclic) bond motifs is 6. The maximum atomic E-state index is 12.4. The zero-order valence-corrected chi connectivity index (χ0v) is 18.6. The molecule has 5 rings (SSSR count). The normalized spacial score (nSPS) is 49.6. The third-order valence-electron chi connectivity index (χ3n) is 8.94. The van der Waals surface area contributed by atoms with Crippen molar-refractivity contribution in [2.45, 2.75) is 69.0 Å². The van der Waals surface area contributed by atoms with E-state index in [1.807, 2.05) is 7.11 Å². The average molecular weight is 421 g/mol. The number of hydrogen-bond donors (Lipinski definition) is 1. The van der Waals surface area contributed by atoms with Crippen LogP contribution in [0.25, 0.3) is 5.32 Å². The van der Waals surface area contributed by atoms with Gasteiger partial charge in [-0.2, -0.15) is 0 Å². The third-order valence-corrected chi connectivity index (χ3v) is 8.94. The van der Waals surface area contributed by atoms with Crippen LogP contribution >= 0.6 is 0 Å². The number of nitrogens with one attached hydrogen (secondary N) is 1. The second-order valence-electron chi connectivity index (χ2n) is 9.97. The summed E-state index contributed by atoms with van der Waals surface area (Å²) in [4.78, 5) is 14.1. The van der Waals surface area contributed by atoms with Gasteiger partial charge in [0, 0.05) is 26.6 Å². The molecule has 0 amide bonds. The first-order chi connectivity index (χ1) is 14.5. The van der Waals surface area contributed by atoms with Gasteiger partial charge in [-0.15, -0.1) is 6.04 Å². The highest BCUT2D eigenvalue weighted by Crippen LogP contribution is 2.50. The largest absolute Gasteiger partial charge is 0.651 e. The minimum absolute atomic E-state index is 0.141. The lowest BCUT2D eigenvalue weighted by Gasteiger charge is -2.53. The fourth-order valence-electron chi connectivity index (χ4n) is 7.41. The number of carbonyl (C=O) groups is 1. The van der Waals surface area contributed by atoms with E-state index in [1.54, 1.807) is 18.3 Å². The molecule has 168 valence electrons. The first-order valence-electron chi connectivity index (χ1n) is 11.6. The molecule has 0 spiro atoms. The minimum Gasteiger partial charge on any atom is -0.651 e. The molecule has 1 aliphatic carbocycles. The Morgan fingerprint density at radius 3 is 2.60 bits per heavy atom. The molecule has 0 aromatic rings. The number of hydrogen-bond acceptors (Lipinski definition) is 5. The monoisotopic (exact) mass is 420 g/mol. The van der Waals surface area contributed by atoms with Gasteiger partial charge in [0.05, 0.1) is 56.2 Å². The summed E-state index contributed by atoms with van der Waals surface area (Å²) in [5, 5.41) is 5.41. The van der Waals surface area contributed by atoms with E-state index in [-0.39, 0.29) is 30.2 Å². The van der Waals surface area contributed by atoms with Gasteiger partial charge in [0.25, 0.3) is 0 Å². The number of methoxy groups -OCH3 is 3. The highest BCUT2D eigenvalue weighted by atomic mass is 16.5. The molecule has 0 aromatic heterocycles. The SMILES string of the molecule is COC(=O)C1=CO[C@@H](C)[C@@H]2C[NH+]3CCC4C5CC(OC)C(OC)CC5[N-]C4C3C[C@H]12. The van der Waals surface area contributed by atoms with Gasteiger partial charge in [-0.05, 0) is 32.1 Å². The molecule has 1 N–H and O–H groups in total. The molecule has 0 aromatic carbocycles. The lowest BCUT2D eigenvalue weighted by Crippen LogP contribution is -3.20. The molecule has 4 fully saturated rings. The van der Waals surface area contributed by atoms with E-state index >= 15 is 0 Å². The standard InChI is InChI=1S/C23H35N2O5/c1-12-16-10-25-6-5-13-15-8-20(27-2)21(28-3)9-18(15)24-22(13)19(25)7-14(16)17(11-30-12)23(26)29-4/h11-16,18-22H,5-10H2,1-4H3/q-1/p+1/t12-,13?,14-,15?,16-,18?,19?,20?,21?,22?/m0/s1. The second kappa shape index (κ2) is 8.08. The average Bonchev–Trinajstić information content (AvgIpc) is 3.14. The van der Waals surface area contributed by atoms with Crippen LogP contribution in [0.2, 0.25) is 0 Å². The highest BCUT2D eigenvalue weighted by Gasteiger charge is 2.54. The number of nitrogens with zero attached hydrogens (tertiary/aromatic N) is 1. The van der Waals surface area contributed by atoms with Gasteiger partial charge in [0.15, 0.2) is 0 Å². The minimum atomic E-state index is -0.240. The number of carbonyl (C=O) groups excluding carboxylic acids is 1. The van der Waals surface area contributed by atoms with Gasteiger partial charge < -0.3 is 29.2 Å². The molecule has 3 saturated heterocycles. The summed E-state index contributed by atoms with van der Waals surface area (Å²) in [6.07, 6.45) is 6.39. The topological polar surface area (TPSA) is 72.5 Å². The van der Waals surface area contributed by atoms with Crippen LogP contribution < -0.4 is 4.90 Å². The van der Waals surface area contributed by atoms with Crippen molar-refractivity contribution < 1.29 is 28.6 Å². The molecular formula is C23H36N2O5. The summed E-state index contributed by atoms with van der Waals surface area (Å²) < 4.78 is 22.4. The first-order valence-corrected chi connectivity index (χ1v) is 11.6. The number of rotatable bonds is 3. The molecule has 7 heteroatoms. The smallest absolute Gasteiger partial charge is 0.337 e. The highest BCUT2D eigenvalue weighted by molar-refractivity contribution is 5.88. The van der Waals surface area contributed by atoms with Gasteiger partial charge in [0.1, 0.15) is 6.10 Å². The van der Waals surface area contributed by atoms with E-state index < -0.39 is 0 Å². The van der Waals surface area contributed by atoms with Gasteiger partial charge in [-0.25, -0.2) is 4.79 Å². The lowest BCUT2D eigenvalue weighted by atomic mass is 9.67. The fourth-order valence-corrected chi connectivity index (χ4v) is 7.41. The fraction of sp³-hybridized carbons (Fsp3) is 0.870. The lowest BCUT2D eigenvalue weighted by molar-refractivity contribution is -0.942. The van der Waals surface area contributed by atoms with E-state index in [4.69, 9.17) is 24.3 Å². The van der Waals surface area contributed by atoms with Crippen LogP contribution in [-0.2, 0) is 23.7 Å². The second-order valence-corrected chi connectivity index (χ2v) is 9.97. The summed E-state index contributed by atoms with van der Waals surface area (Å²) in [5.41, 5.74) is 0.719. The Balaban J connectivity index is 1.37. The maximum absolute atomic E-state index is 12.4. The van der Waals surface area contributed by atoms with Crippen LogP contribution in [0, 0.1) is 23.7 Å². The van der Waals surface area contributed by atoms with E-state index in [0.717, 1.165) is 31.4 Å². The summed E-state index contributed by atoms with van der Waals surface area (Å²) in [6, 6.07) is 1.25. The van der Waals surface area contributed by atoms with Crippen molar-refractivity contribution in [3.05, 3.63) is 17.2 Å². The summed E-state index contributed by atoms with van der Waals surface area (Å²) in [5.74, 6) is 1.58. The Morgan fingerprint density at radius 1 is 1.10 bits per heavy atom. The van der Waals surface area contributed by atoms with Crippen molar-refractivity contribution in [2.24, 2.45) is 23.7 Å². The molecule has 0 radical (unpaired) electrons. The van der Waals surface area contributed by atoms with Crippen molar-refractivity contribution in [3.63, 3.8) is 0 Å². The number of piperidine rings is 2. The quantitative estimate of drug-likeness (QED) is 0.688. The van der Waals surface area contributed by atoms with Crippen molar-refractivity contribution in [3.8, 4) is 0 Å². The van der Waals surface area contributed by atoms with E-state index in [0.29, 0.717) is 35.9 Å². The van der Waals surface area contributed by atoms with E-state index in [1.165, 1.54) is 20.1 Å². The van der Waals surface area contributed by atoms with Crippen molar-refractivity contribution in [2.75, 3.05) is 34.4 Å². The Labute approximate surface area is 179 Å². The molecule has 4 aliphatic heterocycles. The van der Waals surface area contributed by atoms with Gasteiger partial charge in [-0.3, -0.25) is 0 Å². The van der Waals surface area contributed by atoms with Crippen LogP contribution in [0.1, 0.15) is 32.6 Å². The predicted molar refractivity (Wildman–Crippen MR) is 110 cm³/mol. The predicted octanol–water partition coefficient (Wildman–Crippen LogP) is 0.936. The van der Waals surface area contributed by atoms with E-state index in [2.05, 4.69) is 6.92 Å². The molecule has 11 atom stereocenters. The molecule has 5 aliphatic rings. The number of esters is 1. The first kappa shape index (κ1) is 20.7. The van der Waals surface area contributed by atoms with Crippen LogP contribution in [-0.4, -0.2) is 76.8 Å². The zero-order valence-electron chi connectivity index (χ0n) is 18.6. The zero-order chi connectivity index (χ0) is 21.0. The Kier molecular flexibility index (Phi) is 5.58. The molecule has 1 saturated carbocycles. The van der Waals surface area contributed by atoms with Crippen molar-refractivity contribution >= 4 is 5.97 Å². The van der Waals surface area contributed by atoms with Crippen LogP contribution in [0.4, 0.5) is 0 Å². The van der Waals surface area contributed by atoms with Crippen molar-refractivity contribution in [1.29, 1.82) is 0 Å². The summed E-state index contributed by atoms with van der Waals surface area (Å²) >= 11 is 0. The van der Waals surface area contributed by atoms with Crippen LogP contribution in [0.5, 0.6) is 0 Å². The number of ether oxygens (including phenoxy) is 4. The van der Waals surface area contributed by atoms with Gasteiger partial charge in [0.2, 0.25) is 0 Å². The van der Waals surface area contributed by atoms with Crippen molar-refractivity contribution in [1.82, 2.24) is 0 Å². The maximum Gasteiger partial charge on any atom is 0.337 e. The van der Waals surface area contributed by atoms with Crippen LogP contribution in [0.15, 0.2) is 11.8 Å². The summed E-state index contributed by atoms with van der Waals surface area (Å²) in [7, 11) is 5.06. The Hall–Kier alpha value is -1.15. The van der Waals surface area contributed by atoms with Gasteiger partial charge in [-0.1, -0.05) is 12.0 Å². The van der Waals surface area contributed by atoms with Crippen LogP contribution in [0.3, 0.4) is 0 Å². The Bertz CT molecular complexity index is 699. The van der Waals surface area contributed by atoms with Gasteiger partial charge >= 0.3 is 5.97 Å². The molecule has 4 heterocycles. The molecule has 8 unspecified atom stereocenters. The van der Waals surface area contributed by atoms with E-state index in [9.17, 15) is 4.79 Å². The Morgan fingerprint density at radius 2 is 1.87 bits per heavy atom. The summed E-state index contributed by atoms with van der Waals surface area (Å²) in [6.45, 7) is 4.39. The molecule has 0 bridgehead atoms. The molecule has 7 nitrogen and oxygen atoms in total.